The maximum Gasteiger partial charge on any atom is 0.261 e. The largest absolute Gasteiger partial charge is 0.369 e. The van der Waals surface area contributed by atoms with Crippen LogP contribution in [0.2, 0.25) is 0 Å². The minimum atomic E-state index is -0.429. The van der Waals surface area contributed by atoms with E-state index >= 15 is 0 Å². The van der Waals surface area contributed by atoms with Gasteiger partial charge in [0.05, 0.1) is 24.3 Å². The zero-order valence-corrected chi connectivity index (χ0v) is 12.4. The molecule has 0 bridgehead atoms. The van der Waals surface area contributed by atoms with Gasteiger partial charge in [0.15, 0.2) is 5.78 Å². The third-order valence-corrected chi connectivity index (χ3v) is 3.59. The van der Waals surface area contributed by atoms with Gasteiger partial charge in [0.25, 0.3) is 11.8 Å². The first-order valence-corrected chi connectivity index (χ1v) is 7.25. The number of amides is 2. The molecule has 116 valence electrons. The Morgan fingerprint density at radius 3 is 2.04 bits per heavy atom. The summed E-state index contributed by atoms with van der Waals surface area (Å²) in [5.74, 6) is -1.17. The predicted octanol–water partition coefficient (Wildman–Crippen LogP) is 2.07. The monoisotopic (exact) mass is 309 g/mol. The molecule has 5 heteroatoms. The second-order valence-electron chi connectivity index (χ2n) is 5.26. The second kappa shape index (κ2) is 6.54. The molecule has 0 saturated heterocycles. The summed E-state index contributed by atoms with van der Waals surface area (Å²) in [5, 5.41) is 0. The van der Waals surface area contributed by atoms with Crippen molar-refractivity contribution in [3.05, 3.63) is 71.3 Å². The third kappa shape index (κ3) is 3.19. The average Bonchev–Trinajstić information content (AvgIpc) is 2.81. The molecule has 0 atom stereocenters. The van der Waals surface area contributed by atoms with Crippen LogP contribution < -0.4 is 0 Å². The molecule has 0 radical (unpaired) electrons. The molecule has 1 aliphatic heterocycles. The molecular formula is C18H15NO4. The van der Waals surface area contributed by atoms with Crippen molar-refractivity contribution in [3.63, 3.8) is 0 Å². The summed E-state index contributed by atoms with van der Waals surface area (Å²) in [4.78, 5) is 37.2. The van der Waals surface area contributed by atoms with Crippen LogP contribution in [0.5, 0.6) is 0 Å². The first-order chi connectivity index (χ1) is 11.2. The van der Waals surface area contributed by atoms with Crippen molar-refractivity contribution in [1.29, 1.82) is 0 Å². The Labute approximate surface area is 133 Å². The van der Waals surface area contributed by atoms with Crippen molar-refractivity contribution in [2.45, 2.75) is 6.61 Å². The summed E-state index contributed by atoms with van der Waals surface area (Å²) < 4.78 is 5.34. The van der Waals surface area contributed by atoms with Gasteiger partial charge in [0.2, 0.25) is 0 Å². The van der Waals surface area contributed by atoms with Gasteiger partial charge in [-0.25, -0.2) is 0 Å². The zero-order chi connectivity index (χ0) is 16.2. The number of nitrogens with zero attached hydrogens (tertiary/aromatic N) is 1. The normalized spacial score (nSPS) is 13.3. The molecule has 2 aromatic rings. The quantitative estimate of drug-likeness (QED) is 0.766. The Morgan fingerprint density at radius 1 is 0.870 bits per heavy atom. The SMILES string of the molecule is O=C(COCc1ccccc1)CN1C(=O)c2ccccc2C1=O. The predicted molar refractivity (Wildman–Crippen MR) is 82.9 cm³/mol. The van der Waals surface area contributed by atoms with Gasteiger partial charge in [-0.1, -0.05) is 42.5 Å². The van der Waals surface area contributed by atoms with Gasteiger partial charge in [-0.3, -0.25) is 19.3 Å². The fourth-order valence-electron chi connectivity index (χ4n) is 2.46. The minimum absolute atomic E-state index is 0.137. The Bertz CT molecular complexity index is 720. The molecule has 0 N–H and O–H groups in total. The summed E-state index contributed by atoms with van der Waals surface area (Å²) in [6, 6.07) is 16.0. The van der Waals surface area contributed by atoms with Crippen LogP contribution in [0.4, 0.5) is 0 Å². The number of carbonyl (C=O) groups is 3. The molecule has 0 unspecified atom stereocenters. The molecule has 0 aromatic heterocycles. The minimum Gasteiger partial charge on any atom is -0.369 e. The number of Topliss-reactive ketones (excluding diaryl/α,β-unsaturated/α-hetero) is 1. The van der Waals surface area contributed by atoms with Crippen LogP contribution in [-0.4, -0.2) is 35.6 Å². The number of hydrogen-bond acceptors (Lipinski definition) is 4. The second-order valence-corrected chi connectivity index (χ2v) is 5.26. The van der Waals surface area contributed by atoms with Gasteiger partial charge in [0.1, 0.15) is 6.61 Å². The zero-order valence-electron chi connectivity index (χ0n) is 12.4. The summed E-state index contributed by atoms with van der Waals surface area (Å²) >= 11 is 0. The molecule has 0 fully saturated rings. The Morgan fingerprint density at radius 2 is 1.43 bits per heavy atom. The average molecular weight is 309 g/mol. The highest BCUT2D eigenvalue weighted by Crippen LogP contribution is 2.22. The lowest BCUT2D eigenvalue weighted by Crippen LogP contribution is -2.36. The molecule has 0 spiro atoms. The first-order valence-electron chi connectivity index (χ1n) is 7.25. The molecule has 3 rings (SSSR count). The van der Waals surface area contributed by atoms with Crippen molar-refractivity contribution in [2.75, 3.05) is 13.2 Å². The van der Waals surface area contributed by atoms with Crippen LogP contribution >= 0.6 is 0 Å². The van der Waals surface area contributed by atoms with Gasteiger partial charge in [-0.2, -0.15) is 0 Å². The maximum atomic E-state index is 12.1. The fraction of sp³-hybridized carbons (Fsp3) is 0.167. The third-order valence-electron chi connectivity index (χ3n) is 3.59. The number of hydrogen-bond donors (Lipinski definition) is 0. The molecule has 1 heterocycles. The van der Waals surface area contributed by atoms with Crippen molar-refractivity contribution in [2.24, 2.45) is 0 Å². The topological polar surface area (TPSA) is 63.7 Å². The summed E-state index contributed by atoms with van der Waals surface area (Å²) in [7, 11) is 0. The number of ketones is 1. The van der Waals surface area contributed by atoms with Crippen LogP contribution in [0.1, 0.15) is 26.3 Å². The summed E-state index contributed by atoms with van der Waals surface area (Å²) in [6.45, 7) is -0.0852. The lowest BCUT2D eigenvalue weighted by Gasteiger charge is -2.12. The van der Waals surface area contributed by atoms with E-state index in [0.717, 1.165) is 10.5 Å². The number of benzene rings is 2. The van der Waals surface area contributed by atoms with E-state index in [1.807, 2.05) is 30.3 Å². The molecule has 0 aliphatic carbocycles. The lowest BCUT2D eigenvalue weighted by atomic mass is 10.1. The molecule has 0 saturated carbocycles. The Balaban J connectivity index is 1.55. The van der Waals surface area contributed by atoms with Crippen molar-refractivity contribution >= 4 is 17.6 Å². The van der Waals surface area contributed by atoms with Crippen LogP contribution in [0.3, 0.4) is 0 Å². The number of imide groups is 1. The molecule has 23 heavy (non-hydrogen) atoms. The van der Waals surface area contributed by atoms with E-state index in [1.54, 1.807) is 24.3 Å². The number of rotatable bonds is 6. The van der Waals surface area contributed by atoms with E-state index in [4.69, 9.17) is 4.74 Å². The Hall–Kier alpha value is -2.79. The van der Waals surface area contributed by atoms with E-state index < -0.39 is 11.8 Å². The molecule has 2 aromatic carbocycles. The lowest BCUT2D eigenvalue weighted by molar-refractivity contribution is -0.124. The van der Waals surface area contributed by atoms with E-state index in [9.17, 15) is 14.4 Å². The fourth-order valence-corrected chi connectivity index (χ4v) is 2.46. The highest BCUT2D eigenvalue weighted by atomic mass is 16.5. The van der Waals surface area contributed by atoms with Gasteiger partial charge in [-0.05, 0) is 17.7 Å². The van der Waals surface area contributed by atoms with Gasteiger partial charge < -0.3 is 4.74 Å². The highest BCUT2D eigenvalue weighted by molar-refractivity contribution is 6.22. The van der Waals surface area contributed by atoms with Crippen LogP contribution in [0.15, 0.2) is 54.6 Å². The highest BCUT2D eigenvalue weighted by Gasteiger charge is 2.35. The maximum absolute atomic E-state index is 12.1. The van der Waals surface area contributed by atoms with Crippen molar-refractivity contribution < 1.29 is 19.1 Å². The molecule has 1 aliphatic rings. The van der Waals surface area contributed by atoms with E-state index in [-0.39, 0.29) is 18.9 Å². The van der Waals surface area contributed by atoms with Crippen LogP contribution in [0.25, 0.3) is 0 Å². The number of ether oxygens (including phenoxy) is 1. The van der Waals surface area contributed by atoms with Crippen molar-refractivity contribution in [1.82, 2.24) is 4.90 Å². The molecule has 5 nitrogen and oxygen atoms in total. The molecular weight excluding hydrogens is 294 g/mol. The van der Waals surface area contributed by atoms with E-state index in [0.29, 0.717) is 17.7 Å². The van der Waals surface area contributed by atoms with Gasteiger partial charge in [0, 0.05) is 0 Å². The Kier molecular flexibility index (Phi) is 4.30. The van der Waals surface area contributed by atoms with Crippen LogP contribution in [0, 0.1) is 0 Å². The van der Waals surface area contributed by atoms with Gasteiger partial charge >= 0.3 is 0 Å². The molecule has 2 amide bonds. The summed E-state index contributed by atoms with van der Waals surface area (Å²) in [5.41, 5.74) is 1.65. The first kappa shape index (κ1) is 15.1. The smallest absolute Gasteiger partial charge is 0.261 e. The number of carbonyl (C=O) groups excluding carboxylic acids is 3. The summed E-state index contributed by atoms with van der Waals surface area (Å²) in [6.07, 6.45) is 0. The standard InChI is InChI=1S/C18H15NO4/c20-14(12-23-11-13-6-2-1-3-7-13)10-19-17(21)15-8-4-5-9-16(15)18(19)22/h1-9H,10-12H2. The van der Waals surface area contributed by atoms with Crippen molar-refractivity contribution in [3.8, 4) is 0 Å². The van der Waals surface area contributed by atoms with E-state index in [1.165, 1.54) is 0 Å². The van der Waals surface area contributed by atoms with Crippen LogP contribution in [-0.2, 0) is 16.1 Å². The van der Waals surface area contributed by atoms with E-state index in [2.05, 4.69) is 0 Å². The number of fused-ring (bicyclic) bond motifs is 1. The van der Waals surface area contributed by atoms with Gasteiger partial charge in [-0.15, -0.1) is 0 Å².